The lowest BCUT2D eigenvalue weighted by atomic mass is 10.1. The molecule has 1 aliphatic heterocycles. The number of carbonyl (C=O) groups excluding carboxylic acids is 2. The number of hydrogen-bond acceptors (Lipinski definition) is 9. The molecule has 0 bridgehead atoms. The number of hydrogen-bond donors (Lipinski definition) is 0. The fourth-order valence-corrected chi connectivity index (χ4v) is 6.04. The number of halogens is 2. The summed E-state index contributed by atoms with van der Waals surface area (Å²) in [6, 6.07) is 14.1. The molecular formula is C25H18BrClN2O8S2. The lowest BCUT2D eigenvalue weighted by Gasteiger charge is -2.15. The summed E-state index contributed by atoms with van der Waals surface area (Å²) in [6.45, 7) is 1.85. The number of nitro benzene ring substituents is 1. The molecule has 202 valence electrons. The highest BCUT2D eigenvalue weighted by Crippen LogP contribution is 2.41. The number of rotatable bonds is 9. The van der Waals surface area contributed by atoms with E-state index >= 15 is 0 Å². The molecule has 0 spiro atoms. The minimum Gasteiger partial charge on any atom is -0.490 e. The molecule has 14 heteroatoms. The quantitative estimate of drug-likeness (QED) is 0.111. The fourth-order valence-electron chi connectivity index (χ4n) is 3.47. The largest absolute Gasteiger partial charge is 0.490 e. The third-order valence-electron chi connectivity index (χ3n) is 5.29. The van der Waals surface area contributed by atoms with Crippen LogP contribution < -0.4 is 8.92 Å². The topological polar surface area (TPSA) is 133 Å². The Hall–Kier alpha value is -3.39. The van der Waals surface area contributed by atoms with Crippen molar-refractivity contribution in [1.29, 1.82) is 0 Å². The molecule has 4 rings (SSSR count). The van der Waals surface area contributed by atoms with Crippen LogP contribution in [0.4, 0.5) is 10.5 Å². The number of amides is 2. The van der Waals surface area contributed by atoms with Crippen LogP contribution in [0.25, 0.3) is 6.08 Å². The molecule has 1 saturated heterocycles. The van der Waals surface area contributed by atoms with Gasteiger partial charge in [-0.25, -0.2) is 0 Å². The Bertz CT molecular complexity index is 1590. The number of imide groups is 1. The Morgan fingerprint density at radius 3 is 2.38 bits per heavy atom. The van der Waals surface area contributed by atoms with Gasteiger partial charge in [-0.15, -0.1) is 0 Å². The molecule has 0 unspecified atom stereocenters. The van der Waals surface area contributed by atoms with Gasteiger partial charge in [-0.1, -0.05) is 23.7 Å². The summed E-state index contributed by atoms with van der Waals surface area (Å²) in [4.78, 5) is 36.9. The molecule has 3 aromatic rings. The molecule has 0 saturated carbocycles. The monoisotopic (exact) mass is 652 g/mol. The van der Waals surface area contributed by atoms with Crippen LogP contribution in [0.1, 0.15) is 18.1 Å². The predicted molar refractivity (Wildman–Crippen MR) is 149 cm³/mol. The average molecular weight is 654 g/mol. The fraction of sp³-hybridized carbons (Fsp3) is 0.120. The second kappa shape index (κ2) is 11.8. The second-order valence-electron chi connectivity index (χ2n) is 7.95. The van der Waals surface area contributed by atoms with Crippen LogP contribution in [-0.4, -0.2) is 36.0 Å². The van der Waals surface area contributed by atoms with E-state index in [1.807, 2.05) is 0 Å². The van der Waals surface area contributed by atoms with Crippen LogP contribution in [0, 0.1) is 10.1 Å². The van der Waals surface area contributed by atoms with Crippen LogP contribution in [0.5, 0.6) is 11.5 Å². The lowest BCUT2D eigenvalue weighted by molar-refractivity contribution is -0.384. The van der Waals surface area contributed by atoms with Gasteiger partial charge in [0.2, 0.25) is 0 Å². The molecule has 0 radical (unpaired) electrons. The van der Waals surface area contributed by atoms with E-state index in [1.54, 1.807) is 6.92 Å². The van der Waals surface area contributed by atoms with Gasteiger partial charge in [0.15, 0.2) is 11.5 Å². The van der Waals surface area contributed by atoms with E-state index in [0.717, 1.165) is 16.7 Å². The van der Waals surface area contributed by atoms with Crippen LogP contribution in [0.15, 0.2) is 74.9 Å². The van der Waals surface area contributed by atoms with E-state index < -0.39 is 26.2 Å². The standard InChI is InChI=1S/C25H18BrClN2O8S2/c1-2-36-21-12-16(11-20(26)23(21)37-39(34,35)19-9-5-17(27)6-10-19)13-22-24(30)28(25(31)38-22)14-15-3-7-18(8-4-15)29(32)33/h3-13H,2,14H2,1H3/b22-13-. The van der Waals surface area contributed by atoms with Crippen molar-refractivity contribution in [1.82, 2.24) is 4.90 Å². The summed E-state index contributed by atoms with van der Waals surface area (Å²) in [5.41, 5.74) is 0.896. The van der Waals surface area contributed by atoms with Crippen LogP contribution >= 0.6 is 39.3 Å². The molecule has 0 aliphatic carbocycles. The third-order valence-corrected chi connectivity index (χ3v) is 8.27. The summed E-state index contributed by atoms with van der Waals surface area (Å²) >= 11 is 9.90. The van der Waals surface area contributed by atoms with Crippen molar-refractivity contribution < 1.29 is 31.9 Å². The van der Waals surface area contributed by atoms with Crippen molar-refractivity contribution in [3.05, 3.63) is 96.3 Å². The maximum absolute atomic E-state index is 13.0. The molecule has 1 heterocycles. The number of carbonyl (C=O) groups is 2. The minimum atomic E-state index is -4.22. The van der Waals surface area contributed by atoms with Crippen LogP contribution in [0.3, 0.4) is 0 Å². The van der Waals surface area contributed by atoms with E-state index in [-0.39, 0.29) is 44.6 Å². The molecule has 1 fully saturated rings. The Morgan fingerprint density at radius 1 is 1.10 bits per heavy atom. The first-order valence-corrected chi connectivity index (χ1v) is 14.5. The summed E-state index contributed by atoms with van der Waals surface area (Å²) in [5, 5.41) is 10.7. The van der Waals surface area contributed by atoms with Crippen molar-refractivity contribution in [2.24, 2.45) is 0 Å². The smallest absolute Gasteiger partial charge is 0.339 e. The molecule has 39 heavy (non-hydrogen) atoms. The van der Waals surface area contributed by atoms with Crippen molar-refractivity contribution in [3.8, 4) is 11.5 Å². The number of thioether (sulfide) groups is 1. The number of benzene rings is 3. The zero-order chi connectivity index (χ0) is 28.3. The van der Waals surface area contributed by atoms with Gasteiger partial charge in [0.1, 0.15) is 4.90 Å². The number of non-ortho nitro benzene ring substituents is 1. The summed E-state index contributed by atoms with van der Waals surface area (Å²) in [6.07, 6.45) is 1.48. The zero-order valence-corrected chi connectivity index (χ0v) is 24.0. The first-order valence-electron chi connectivity index (χ1n) is 11.1. The Balaban J connectivity index is 1.59. The van der Waals surface area contributed by atoms with E-state index in [0.29, 0.717) is 16.1 Å². The van der Waals surface area contributed by atoms with Gasteiger partial charge in [-0.05, 0) is 88.2 Å². The van der Waals surface area contributed by atoms with Crippen molar-refractivity contribution >= 4 is 72.3 Å². The van der Waals surface area contributed by atoms with Gasteiger partial charge < -0.3 is 8.92 Å². The number of ether oxygens (including phenoxy) is 1. The van der Waals surface area contributed by atoms with Gasteiger partial charge in [-0.2, -0.15) is 8.42 Å². The predicted octanol–water partition coefficient (Wildman–Crippen LogP) is 6.41. The summed E-state index contributed by atoms with van der Waals surface area (Å²) in [5.74, 6) is -0.529. The maximum Gasteiger partial charge on any atom is 0.339 e. The van der Waals surface area contributed by atoms with Crippen LogP contribution in [0.2, 0.25) is 5.02 Å². The number of nitrogens with zero attached hydrogens (tertiary/aromatic N) is 2. The molecular weight excluding hydrogens is 636 g/mol. The van der Waals surface area contributed by atoms with E-state index in [4.69, 9.17) is 20.5 Å². The van der Waals surface area contributed by atoms with Crippen LogP contribution in [-0.2, 0) is 21.5 Å². The van der Waals surface area contributed by atoms with E-state index in [9.17, 15) is 28.1 Å². The molecule has 3 aromatic carbocycles. The normalized spacial score (nSPS) is 14.6. The summed E-state index contributed by atoms with van der Waals surface area (Å²) < 4.78 is 36.9. The van der Waals surface area contributed by atoms with Gasteiger partial charge >= 0.3 is 10.1 Å². The van der Waals surface area contributed by atoms with Crippen molar-refractivity contribution in [2.75, 3.05) is 6.61 Å². The maximum atomic E-state index is 13.0. The van der Waals surface area contributed by atoms with E-state index in [1.165, 1.54) is 66.7 Å². The molecule has 0 aromatic heterocycles. The van der Waals surface area contributed by atoms with Gasteiger partial charge in [0.25, 0.3) is 16.8 Å². The van der Waals surface area contributed by atoms with E-state index in [2.05, 4.69) is 15.9 Å². The number of nitro groups is 1. The zero-order valence-electron chi connectivity index (χ0n) is 20.0. The highest BCUT2D eigenvalue weighted by molar-refractivity contribution is 9.10. The summed E-state index contributed by atoms with van der Waals surface area (Å²) in [7, 11) is -4.22. The van der Waals surface area contributed by atoms with Crippen molar-refractivity contribution in [3.63, 3.8) is 0 Å². The molecule has 2 amide bonds. The first kappa shape index (κ1) is 28.6. The van der Waals surface area contributed by atoms with Gasteiger partial charge in [-0.3, -0.25) is 24.6 Å². The molecule has 0 atom stereocenters. The van der Waals surface area contributed by atoms with Crippen molar-refractivity contribution in [2.45, 2.75) is 18.4 Å². The highest BCUT2D eigenvalue weighted by atomic mass is 79.9. The first-order chi connectivity index (χ1) is 18.5. The molecule has 10 nitrogen and oxygen atoms in total. The Kier molecular flexibility index (Phi) is 8.64. The average Bonchev–Trinajstić information content (AvgIpc) is 3.14. The third kappa shape index (κ3) is 6.61. The minimum absolute atomic E-state index is 0.0524. The van der Waals surface area contributed by atoms with Gasteiger partial charge in [0.05, 0.1) is 27.5 Å². The van der Waals surface area contributed by atoms with Gasteiger partial charge in [0, 0.05) is 17.2 Å². The Morgan fingerprint density at radius 2 is 1.77 bits per heavy atom. The Labute approximate surface area is 240 Å². The molecule has 1 aliphatic rings. The molecule has 0 N–H and O–H groups in total. The lowest BCUT2D eigenvalue weighted by Crippen LogP contribution is -2.27. The highest BCUT2D eigenvalue weighted by Gasteiger charge is 2.35. The second-order valence-corrected chi connectivity index (χ2v) is 11.8. The SMILES string of the molecule is CCOc1cc(/C=C2\SC(=O)N(Cc3ccc([N+](=O)[O-])cc3)C2=O)cc(Br)c1OS(=O)(=O)c1ccc(Cl)cc1.